The van der Waals surface area contributed by atoms with Crippen LogP contribution in [0.25, 0.3) is 0 Å². The fourth-order valence-corrected chi connectivity index (χ4v) is 1.31. The van der Waals surface area contributed by atoms with Crippen LogP contribution < -0.4 is 0 Å². The first-order valence-electron chi connectivity index (χ1n) is 2.27. The Labute approximate surface area is 49.3 Å². The molecular weight excluding hydrogens is 128 g/mol. The van der Waals surface area contributed by atoms with Crippen molar-refractivity contribution in [2.24, 2.45) is 0 Å². The number of aliphatic hydroxyl groups is 1. The zero-order chi connectivity index (χ0) is 6.78. The second-order valence-corrected chi connectivity index (χ2v) is 4.13. The van der Waals surface area contributed by atoms with Crippen molar-refractivity contribution in [3.63, 3.8) is 0 Å². The normalized spacial score (nSPS) is 15.9. The minimum absolute atomic E-state index is 0.146. The molecule has 0 aromatic carbocycles. The smallest absolute Gasteiger partial charge is 0.149 e. The molecule has 0 aromatic heterocycles. The molecule has 1 N–H and O–H groups in total. The van der Waals surface area contributed by atoms with Gasteiger partial charge in [0.05, 0.1) is 11.9 Å². The second kappa shape index (κ2) is 2.46. The molecule has 0 aliphatic carbocycles. The molecule has 0 aliphatic rings. The van der Waals surface area contributed by atoms with Gasteiger partial charge in [-0.3, -0.25) is 0 Å². The van der Waals surface area contributed by atoms with Crippen molar-refractivity contribution in [2.75, 3.05) is 12.0 Å². The van der Waals surface area contributed by atoms with Gasteiger partial charge in [-0.15, -0.1) is 0 Å². The van der Waals surface area contributed by atoms with E-state index in [1.165, 1.54) is 6.92 Å². The minimum atomic E-state index is -2.97. The van der Waals surface area contributed by atoms with Gasteiger partial charge in [-0.1, -0.05) is 0 Å². The standard InChI is InChI=1S/C4H10O3S/c1-4(5)3-8(2,6)7/h4-5H,3H2,1-2H3/t4-/m0/s1. The molecule has 0 aromatic rings. The minimum Gasteiger partial charge on any atom is -0.392 e. The number of hydrogen-bond donors (Lipinski definition) is 1. The van der Waals surface area contributed by atoms with Crippen LogP contribution in [0.3, 0.4) is 0 Å². The Balaban J connectivity index is 3.75. The highest BCUT2D eigenvalue weighted by Crippen LogP contribution is 1.86. The summed E-state index contributed by atoms with van der Waals surface area (Å²) in [7, 11) is -2.97. The summed E-state index contributed by atoms with van der Waals surface area (Å²) in [5.41, 5.74) is 0. The highest BCUT2D eigenvalue weighted by Gasteiger charge is 2.05. The lowest BCUT2D eigenvalue weighted by atomic mass is 10.5. The van der Waals surface area contributed by atoms with E-state index in [0.29, 0.717) is 0 Å². The molecule has 0 spiro atoms. The van der Waals surface area contributed by atoms with E-state index >= 15 is 0 Å². The van der Waals surface area contributed by atoms with E-state index in [1.54, 1.807) is 0 Å². The van der Waals surface area contributed by atoms with Crippen LogP contribution in [-0.4, -0.2) is 31.6 Å². The zero-order valence-corrected chi connectivity index (χ0v) is 5.77. The molecule has 8 heavy (non-hydrogen) atoms. The Morgan fingerprint density at radius 3 is 2.00 bits per heavy atom. The van der Waals surface area contributed by atoms with E-state index in [0.717, 1.165) is 6.26 Å². The van der Waals surface area contributed by atoms with Crippen LogP contribution in [-0.2, 0) is 9.84 Å². The van der Waals surface area contributed by atoms with Crippen molar-refractivity contribution in [1.29, 1.82) is 0 Å². The first-order chi connectivity index (χ1) is 3.42. The number of hydrogen-bond acceptors (Lipinski definition) is 3. The Morgan fingerprint density at radius 1 is 1.62 bits per heavy atom. The largest absolute Gasteiger partial charge is 0.392 e. The number of sulfone groups is 1. The molecule has 0 fully saturated rings. The van der Waals surface area contributed by atoms with Crippen molar-refractivity contribution in [1.82, 2.24) is 0 Å². The van der Waals surface area contributed by atoms with Gasteiger partial charge in [-0.25, -0.2) is 8.42 Å². The molecule has 0 saturated heterocycles. The van der Waals surface area contributed by atoms with Crippen LogP contribution in [0.15, 0.2) is 0 Å². The highest BCUT2D eigenvalue weighted by atomic mass is 32.2. The van der Waals surface area contributed by atoms with E-state index in [4.69, 9.17) is 5.11 Å². The van der Waals surface area contributed by atoms with Gasteiger partial charge < -0.3 is 5.11 Å². The van der Waals surface area contributed by atoms with Crippen LogP contribution in [0, 0.1) is 0 Å². The first kappa shape index (κ1) is 7.91. The van der Waals surface area contributed by atoms with Crippen LogP contribution in [0.4, 0.5) is 0 Å². The third kappa shape index (κ3) is 5.91. The van der Waals surface area contributed by atoms with Gasteiger partial charge >= 0.3 is 0 Å². The van der Waals surface area contributed by atoms with Crippen molar-refractivity contribution in [3.8, 4) is 0 Å². The average Bonchev–Trinajstić information content (AvgIpc) is 1.21. The summed E-state index contributed by atoms with van der Waals surface area (Å²) >= 11 is 0. The molecular formula is C4H10O3S. The highest BCUT2D eigenvalue weighted by molar-refractivity contribution is 7.90. The van der Waals surface area contributed by atoms with E-state index < -0.39 is 15.9 Å². The summed E-state index contributed by atoms with van der Waals surface area (Å²) in [5.74, 6) is -0.146. The second-order valence-electron chi connectivity index (χ2n) is 1.94. The molecule has 0 aliphatic heterocycles. The summed E-state index contributed by atoms with van der Waals surface area (Å²) < 4.78 is 20.6. The van der Waals surface area contributed by atoms with E-state index in [1.807, 2.05) is 0 Å². The number of aliphatic hydroxyl groups excluding tert-OH is 1. The lowest BCUT2D eigenvalue weighted by Crippen LogP contribution is -2.15. The third-order valence-corrected chi connectivity index (χ3v) is 1.63. The Hall–Kier alpha value is -0.0900. The topological polar surface area (TPSA) is 54.4 Å². The Bertz CT molecular complexity index is 145. The summed E-state index contributed by atoms with van der Waals surface area (Å²) in [4.78, 5) is 0. The average molecular weight is 138 g/mol. The summed E-state index contributed by atoms with van der Waals surface area (Å²) in [6.07, 6.45) is 0.352. The molecule has 0 unspecified atom stereocenters. The molecule has 0 bridgehead atoms. The van der Waals surface area contributed by atoms with Gasteiger partial charge in [0, 0.05) is 6.26 Å². The molecule has 50 valence electrons. The summed E-state index contributed by atoms with van der Waals surface area (Å²) in [5, 5.41) is 8.51. The van der Waals surface area contributed by atoms with Crippen LogP contribution in [0.5, 0.6) is 0 Å². The first-order valence-corrected chi connectivity index (χ1v) is 4.33. The predicted molar refractivity (Wildman–Crippen MR) is 31.4 cm³/mol. The maximum absolute atomic E-state index is 10.3. The lowest BCUT2D eigenvalue weighted by molar-refractivity contribution is 0.218. The van der Waals surface area contributed by atoms with Crippen LogP contribution >= 0.6 is 0 Å². The fraction of sp³-hybridized carbons (Fsp3) is 1.00. The van der Waals surface area contributed by atoms with E-state index in [2.05, 4.69) is 0 Å². The molecule has 1 atom stereocenters. The fourth-order valence-electron chi connectivity index (χ4n) is 0.438. The molecule has 0 saturated carbocycles. The van der Waals surface area contributed by atoms with Gasteiger partial charge in [0.2, 0.25) is 0 Å². The van der Waals surface area contributed by atoms with E-state index in [9.17, 15) is 8.42 Å². The van der Waals surface area contributed by atoms with Crippen LogP contribution in [0.1, 0.15) is 6.92 Å². The molecule has 0 amide bonds. The lowest BCUT2D eigenvalue weighted by Gasteiger charge is -1.98. The quantitative estimate of drug-likeness (QED) is 0.555. The van der Waals surface area contributed by atoms with Gasteiger partial charge in [0.15, 0.2) is 0 Å². The van der Waals surface area contributed by atoms with Crippen molar-refractivity contribution < 1.29 is 13.5 Å². The van der Waals surface area contributed by atoms with E-state index in [-0.39, 0.29) is 5.75 Å². The zero-order valence-electron chi connectivity index (χ0n) is 4.96. The predicted octanol–water partition coefficient (Wildman–Crippen LogP) is -0.588. The van der Waals surface area contributed by atoms with Crippen molar-refractivity contribution >= 4 is 9.84 Å². The molecule has 0 radical (unpaired) electrons. The number of rotatable bonds is 2. The van der Waals surface area contributed by atoms with Gasteiger partial charge in [-0.05, 0) is 6.92 Å². The molecule has 0 heterocycles. The van der Waals surface area contributed by atoms with Crippen molar-refractivity contribution in [2.45, 2.75) is 13.0 Å². The van der Waals surface area contributed by atoms with Gasteiger partial charge in [0.25, 0.3) is 0 Å². The Morgan fingerprint density at radius 2 is 2.00 bits per heavy atom. The maximum atomic E-state index is 10.3. The van der Waals surface area contributed by atoms with Crippen LogP contribution in [0.2, 0.25) is 0 Å². The Kier molecular flexibility index (Phi) is 2.43. The maximum Gasteiger partial charge on any atom is 0.149 e. The summed E-state index contributed by atoms with van der Waals surface area (Å²) in [6.45, 7) is 1.45. The molecule has 3 nitrogen and oxygen atoms in total. The molecule has 0 rings (SSSR count). The SMILES string of the molecule is C[C@H](O)CS(C)(=O)=O. The van der Waals surface area contributed by atoms with Gasteiger partial charge in [-0.2, -0.15) is 0 Å². The van der Waals surface area contributed by atoms with Gasteiger partial charge in [0.1, 0.15) is 9.84 Å². The monoisotopic (exact) mass is 138 g/mol. The third-order valence-electron chi connectivity index (χ3n) is 0.544. The molecule has 4 heteroatoms. The van der Waals surface area contributed by atoms with Crippen molar-refractivity contribution in [3.05, 3.63) is 0 Å². The summed E-state index contributed by atoms with van der Waals surface area (Å²) in [6, 6.07) is 0.